The average Bonchev–Trinajstić information content (AvgIpc) is 3.06. The standard InChI is InChI=1S/C17H16BrNO4S2/c18-14-11-15(24-12-14)3-6-17(20)13-1-4-16(5-2-13)25(21,22)19-7-9-23-10-8-19/h1-6,11-12H,7-10H2/b6-3+. The molecular weight excluding hydrogens is 426 g/mol. The summed E-state index contributed by atoms with van der Waals surface area (Å²) in [5.74, 6) is -0.167. The molecule has 0 amide bonds. The number of halogens is 1. The van der Waals surface area contributed by atoms with Gasteiger partial charge in [0, 0.05) is 33.4 Å². The van der Waals surface area contributed by atoms with Crippen LogP contribution >= 0.6 is 27.3 Å². The number of nitrogens with zero attached hydrogens (tertiary/aromatic N) is 1. The molecule has 25 heavy (non-hydrogen) atoms. The fraction of sp³-hybridized carbons (Fsp3) is 0.235. The van der Waals surface area contributed by atoms with Gasteiger partial charge in [0.15, 0.2) is 5.78 Å². The third kappa shape index (κ3) is 4.45. The van der Waals surface area contributed by atoms with Gasteiger partial charge in [-0.25, -0.2) is 8.42 Å². The second kappa shape index (κ2) is 7.92. The van der Waals surface area contributed by atoms with Crippen molar-refractivity contribution in [2.75, 3.05) is 26.3 Å². The summed E-state index contributed by atoms with van der Waals surface area (Å²) in [6.45, 7) is 1.50. The molecule has 132 valence electrons. The molecule has 0 saturated carbocycles. The lowest BCUT2D eigenvalue weighted by molar-refractivity contribution is 0.0730. The molecule has 1 aliphatic heterocycles. The van der Waals surface area contributed by atoms with Gasteiger partial charge in [-0.2, -0.15) is 4.31 Å². The fourth-order valence-electron chi connectivity index (χ4n) is 2.40. The van der Waals surface area contributed by atoms with Crippen molar-refractivity contribution in [3.63, 3.8) is 0 Å². The minimum Gasteiger partial charge on any atom is -0.379 e. The number of hydrogen-bond donors (Lipinski definition) is 0. The average molecular weight is 442 g/mol. The summed E-state index contributed by atoms with van der Waals surface area (Å²) in [6, 6.07) is 7.97. The number of ether oxygens (including phenoxy) is 1. The Hall–Kier alpha value is -1.32. The maximum atomic E-state index is 12.5. The van der Waals surface area contributed by atoms with Crippen molar-refractivity contribution in [3.8, 4) is 0 Å². The largest absolute Gasteiger partial charge is 0.379 e. The minimum atomic E-state index is -3.54. The van der Waals surface area contributed by atoms with Crippen molar-refractivity contribution in [3.05, 3.63) is 56.7 Å². The summed E-state index contributed by atoms with van der Waals surface area (Å²) in [4.78, 5) is 13.4. The highest BCUT2D eigenvalue weighted by atomic mass is 79.9. The van der Waals surface area contributed by atoms with Crippen LogP contribution in [0.25, 0.3) is 6.08 Å². The van der Waals surface area contributed by atoms with Gasteiger partial charge in [-0.15, -0.1) is 11.3 Å². The number of rotatable bonds is 5. The predicted molar refractivity (Wildman–Crippen MR) is 101 cm³/mol. The number of thiophene rings is 1. The Bertz CT molecular complexity index is 882. The van der Waals surface area contributed by atoms with Crippen molar-refractivity contribution in [1.29, 1.82) is 0 Å². The van der Waals surface area contributed by atoms with Crippen LogP contribution in [0, 0.1) is 0 Å². The number of benzene rings is 1. The zero-order chi connectivity index (χ0) is 17.9. The normalized spacial score (nSPS) is 16.4. The van der Waals surface area contributed by atoms with Crippen LogP contribution in [0.2, 0.25) is 0 Å². The van der Waals surface area contributed by atoms with Gasteiger partial charge in [0.05, 0.1) is 18.1 Å². The van der Waals surface area contributed by atoms with Gasteiger partial charge in [-0.1, -0.05) is 0 Å². The lowest BCUT2D eigenvalue weighted by atomic mass is 10.1. The highest BCUT2D eigenvalue weighted by Crippen LogP contribution is 2.21. The fourth-order valence-corrected chi connectivity index (χ4v) is 5.14. The molecule has 1 aromatic heterocycles. The molecule has 2 heterocycles. The van der Waals surface area contributed by atoms with E-state index in [4.69, 9.17) is 4.74 Å². The van der Waals surface area contributed by atoms with Crippen LogP contribution in [0.5, 0.6) is 0 Å². The van der Waals surface area contributed by atoms with E-state index in [1.165, 1.54) is 33.9 Å². The highest BCUT2D eigenvalue weighted by molar-refractivity contribution is 9.10. The van der Waals surface area contributed by atoms with E-state index in [1.54, 1.807) is 18.2 Å². The van der Waals surface area contributed by atoms with Gasteiger partial charge in [-0.05, 0) is 58.4 Å². The molecule has 0 bridgehead atoms. The first-order valence-corrected chi connectivity index (χ1v) is 10.7. The van der Waals surface area contributed by atoms with Crippen LogP contribution in [0.1, 0.15) is 15.2 Å². The van der Waals surface area contributed by atoms with Gasteiger partial charge in [0.1, 0.15) is 0 Å². The molecule has 1 aromatic carbocycles. The Kier molecular flexibility index (Phi) is 5.85. The number of carbonyl (C=O) groups excluding carboxylic acids is 1. The van der Waals surface area contributed by atoms with Crippen LogP contribution in [0.3, 0.4) is 0 Å². The smallest absolute Gasteiger partial charge is 0.243 e. The van der Waals surface area contributed by atoms with Crippen molar-refractivity contribution >= 4 is 49.1 Å². The Morgan fingerprint density at radius 1 is 1.20 bits per heavy atom. The number of allylic oxidation sites excluding steroid dienone is 1. The zero-order valence-electron chi connectivity index (χ0n) is 13.2. The molecule has 0 N–H and O–H groups in total. The van der Waals surface area contributed by atoms with Crippen molar-refractivity contribution < 1.29 is 17.9 Å². The van der Waals surface area contributed by atoms with Gasteiger partial charge >= 0.3 is 0 Å². The molecule has 1 fully saturated rings. The van der Waals surface area contributed by atoms with E-state index in [1.807, 2.05) is 11.4 Å². The van der Waals surface area contributed by atoms with E-state index >= 15 is 0 Å². The summed E-state index contributed by atoms with van der Waals surface area (Å²) in [5.41, 5.74) is 0.452. The first-order valence-electron chi connectivity index (χ1n) is 7.61. The SMILES string of the molecule is O=C(/C=C/c1cc(Br)cs1)c1ccc(S(=O)(=O)N2CCOCC2)cc1. The number of hydrogen-bond acceptors (Lipinski definition) is 5. The van der Waals surface area contributed by atoms with Crippen LogP contribution in [-0.4, -0.2) is 44.8 Å². The molecule has 8 heteroatoms. The number of ketones is 1. The van der Waals surface area contributed by atoms with Gasteiger partial charge in [0.2, 0.25) is 10.0 Å². The molecule has 0 unspecified atom stereocenters. The van der Waals surface area contributed by atoms with Gasteiger partial charge < -0.3 is 4.74 Å². The molecule has 3 rings (SSSR count). The summed E-state index contributed by atoms with van der Waals surface area (Å²) in [6.07, 6.45) is 3.24. The summed E-state index contributed by atoms with van der Waals surface area (Å²) >= 11 is 4.89. The quantitative estimate of drug-likeness (QED) is 0.526. The predicted octanol–water partition coefficient (Wildman–Crippen LogP) is 3.43. The van der Waals surface area contributed by atoms with Crippen LogP contribution in [0.15, 0.2) is 51.2 Å². The first-order chi connectivity index (χ1) is 12.0. The number of carbonyl (C=O) groups is 1. The Balaban J connectivity index is 1.73. The molecule has 0 spiro atoms. The van der Waals surface area contributed by atoms with E-state index < -0.39 is 10.0 Å². The highest BCUT2D eigenvalue weighted by Gasteiger charge is 2.26. The third-order valence-electron chi connectivity index (χ3n) is 3.73. The summed E-state index contributed by atoms with van der Waals surface area (Å²) < 4.78 is 32.7. The number of morpholine rings is 1. The third-order valence-corrected chi connectivity index (χ3v) is 7.31. The number of sulfonamides is 1. The molecule has 1 saturated heterocycles. The molecule has 2 aromatic rings. The van der Waals surface area contributed by atoms with Crippen LogP contribution in [0.4, 0.5) is 0 Å². The van der Waals surface area contributed by atoms with Gasteiger partial charge in [-0.3, -0.25) is 4.79 Å². The maximum Gasteiger partial charge on any atom is 0.243 e. The van der Waals surface area contributed by atoms with E-state index in [2.05, 4.69) is 15.9 Å². The van der Waals surface area contributed by atoms with Crippen molar-refractivity contribution in [2.45, 2.75) is 4.90 Å². The molecule has 0 aliphatic carbocycles. The van der Waals surface area contributed by atoms with E-state index in [0.717, 1.165) is 9.35 Å². The monoisotopic (exact) mass is 441 g/mol. The molecule has 0 atom stereocenters. The van der Waals surface area contributed by atoms with E-state index in [9.17, 15) is 13.2 Å². The second-order valence-electron chi connectivity index (χ2n) is 5.41. The molecule has 1 aliphatic rings. The summed E-state index contributed by atoms with van der Waals surface area (Å²) in [5, 5.41) is 1.94. The molecule has 5 nitrogen and oxygen atoms in total. The van der Waals surface area contributed by atoms with Crippen molar-refractivity contribution in [2.24, 2.45) is 0 Å². The van der Waals surface area contributed by atoms with Gasteiger partial charge in [0.25, 0.3) is 0 Å². The lowest BCUT2D eigenvalue weighted by Crippen LogP contribution is -2.40. The molecule has 0 radical (unpaired) electrons. The van der Waals surface area contributed by atoms with Crippen LogP contribution < -0.4 is 0 Å². The van der Waals surface area contributed by atoms with Crippen molar-refractivity contribution in [1.82, 2.24) is 4.31 Å². The van der Waals surface area contributed by atoms with E-state index in [-0.39, 0.29) is 10.7 Å². The first kappa shape index (κ1) is 18.5. The Labute approximate surface area is 159 Å². The maximum absolute atomic E-state index is 12.5. The van der Waals surface area contributed by atoms with E-state index in [0.29, 0.717) is 31.9 Å². The lowest BCUT2D eigenvalue weighted by Gasteiger charge is -2.26. The Morgan fingerprint density at radius 3 is 2.48 bits per heavy atom. The minimum absolute atomic E-state index is 0.167. The topological polar surface area (TPSA) is 63.7 Å². The summed E-state index contributed by atoms with van der Waals surface area (Å²) in [7, 11) is -3.54. The molecular formula is C17H16BrNO4S2. The second-order valence-corrected chi connectivity index (χ2v) is 9.20. The Morgan fingerprint density at radius 2 is 1.88 bits per heavy atom. The zero-order valence-corrected chi connectivity index (χ0v) is 16.4. The van der Waals surface area contributed by atoms with Crippen LogP contribution in [-0.2, 0) is 14.8 Å².